The third-order valence-corrected chi connectivity index (χ3v) is 3.01. The molecule has 0 spiro atoms. The highest BCUT2D eigenvalue weighted by Gasteiger charge is 2.16. The number of primary amides is 1. The van der Waals surface area contributed by atoms with E-state index in [0.717, 1.165) is 0 Å². The molecule has 0 atom stereocenters. The van der Waals surface area contributed by atoms with Crippen LogP contribution < -0.4 is 11.1 Å². The molecule has 2 aromatic rings. The summed E-state index contributed by atoms with van der Waals surface area (Å²) < 4.78 is 39.1. The van der Waals surface area contributed by atoms with E-state index in [2.05, 4.69) is 5.32 Å². The zero-order valence-corrected chi connectivity index (χ0v) is 11.4. The summed E-state index contributed by atoms with van der Waals surface area (Å²) in [5.41, 5.74) is 5.83. The van der Waals surface area contributed by atoms with E-state index in [-0.39, 0.29) is 11.3 Å². The number of halogens is 3. The Morgan fingerprint density at radius 1 is 1.05 bits per heavy atom. The van der Waals surface area contributed by atoms with Crippen LogP contribution in [0.1, 0.15) is 26.3 Å². The van der Waals surface area contributed by atoms with Crippen LogP contribution in [-0.2, 0) is 0 Å². The molecule has 0 saturated heterocycles. The molecule has 0 fully saturated rings. The maximum atomic E-state index is 13.1. The van der Waals surface area contributed by atoms with Gasteiger partial charge in [-0.15, -0.1) is 0 Å². The minimum absolute atomic E-state index is 0.203. The van der Waals surface area contributed by atoms with E-state index in [1.807, 2.05) is 0 Å². The molecule has 0 aliphatic carbocycles. The molecular formula is C15H11F3N2O2. The standard InChI is InChI=1S/C15H11F3N2O2/c1-7-2-3-9(6-10(7)14(19)21)20-15(22)8-4-11(16)13(18)12(17)5-8/h2-6H,1H3,(H2,19,21)(H,20,22). The van der Waals surface area contributed by atoms with Crippen LogP contribution in [0, 0.1) is 24.4 Å². The van der Waals surface area contributed by atoms with Gasteiger partial charge in [-0.3, -0.25) is 9.59 Å². The van der Waals surface area contributed by atoms with Crippen molar-refractivity contribution in [3.63, 3.8) is 0 Å². The van der Waals surface area contributed by atoms with E-state index in [0.29, 0.717) is 17.7 Å². The smallest absolute Gasteiger partial charge is 0.255 e. The van der Waals surface area contributed by atoms with Crippen LogP contribution in [0.3, 0.4) is 0 Å². The van der Waals surface area contributed by atoms with Gasteiger partial charge in [0, 0.05) is 16.8 Å². The topological polar surface area (TPSA) is 72.2 Å². The first-order valence-electron chi connectivity index (χ1n) is 6.16. The van der Waals surface area contributed by atoms with Gasteiger partial charge in [0.15, 0.2) is 17.5 Å². The summed E-state index contributed by atoms with van der Waals surface area (Å²) >= 11 is 0. The van der Waals surface area contributed by atoms with Crippen LogP contribution in [0.4, 0.5) is 18.9 Å². The van der Waals surface area contributed by atoms with Gasteiger partial charge >= 0.3 is 0 Å². The van der Waals surface area contributed by atoms with E-state index in [9.17, 15) is 22.8 Å². The van der Waals surface area contributed by atoms with Crippen molar-refractivity contribution < 1.29 is 22.8 Å². The monoisotopic (exact) mass is 308 g/mol. The quantitative estimate of drug-likeness (QED) is 0.856. The number of nitrogens with one attached hydrogen (secondary N) is 1. The van der Waals surface area contributed by atoms with Crippen molar-refractivity contribution in [2.75, 3.05) is 5.32 Å². The molecule has 114 valence electrons. The number of hydrogen-bond acceptors (Lipinski definition) is 2. The number of hydrogen-bond donors (Lipinski definition) is 2. The van der Waals surface area contributed by atoms with Gasteiger partial charge in [-0.05, 0) is 36.8 Å². The number of aryl methyl sites for hydroxylation is 1. The predicted molar refractivity (Wildman–Crippen MR) is 74.0 cm³/mol. The summed E-state index contributed by atoms with van der Waals surface area (Å²) in [5.74, 6) is -6.11. The van der Waals surface area contributed by atoms with Gasteiger partial charge in [0.1, 0.15) is 0 Å². The Morgan fingerprint density at radius 2 is 1.64 bits per heavy atom. The summed E-state index contributed by atoms with van der Waals surface area (Å²) in [4.78, 5) is 23.1. The Kier molecular flexibility index (Phi) is 4.16. The van der Waals surface area contributed by atoms with Crippen LogP contribution in [0.2, 0.25) is 0 Å². The van der Waals surface area contributed by atoms with Crippen molar-refractivity contribution in [3.8, 4) is 0 Å². The van der Waals surface area contributed by atoms with Crippen molar-refractivity contribution >= 4 is 17.5 Å². The molecule has 0 bridgehead atoms. The molecule has 0 unspecified atom stereocenters. The molecule has 7 heteroatoms. The second-order valence-electron chi connectivity index (χ2n) is 4.60. The molecule has 0 heterocycles. The molecule has 0 aliphatic rings. The van der Waals surface area contributed by atoms with Crippen LogP contribution in [-0.4, -0.2) is 11.8 Å². The lowest BCUT2D eigenvalue weighted by molar-refractivity contribution is 0.0995. The molecule has 4 nitrogen and oxygen atoms in total. The molecule has 0 aliphatic heterocycles. The summed E-state index contributed by atoms with van der Waals surface area (Å²) in [6.45, 7) is 1.66. The molecule has 2 aromatic carbocycles. The predicted octanol–water partition coefficient (Wildman–Crippen LogP) is 2.76. The Hall–Kier alpha value is -2.83. The fraction of sp³-hybridized carbons (Fsp3) is 0.0667. The van der Waals surface area contributed by atoms with Gasteiger partial charge in [-0.25, -0.2) is 13.2 Å². The van der Waals surface area contributed by atoms with Crippen LogP contribution in [0.5, 0.6) is 0 Å². The van der Waals surface area contributed by atoms with Crippen LogP contribution in [0.15, 0.2) is 30.3 Å². The van der Waals surface area contributed by atoms with Crippen LogP contribution in [0.25, 0.3) is 0 Å². The van der Waals surface area contributed by atoms with Crippen molar-refractivity contribution in [1.29, 1.82) is 0 Å². The number of nitrogens with two attached hydrogens (primary N) is 1. The second-order valence-corrected chi connectivity index (χ2v) is 4.60. The third-order valence-electron chi connectivity index (χ3n) is 3.01. The molecule has 0 radical (unpaired) electrons. The molecular weight excluding hydrogens is 297 g/mol. The molecule has 2 amide bonds. The normalized spacial score (nSPS) is 10.4. The number of carbonyl (C=O) groups is 2. The van der Waals surface area contributed by atoms with Gasteiger partial charge < -0.3 is 11.1 Å². The molecule has 2 rings (SSSR count). The first-order chi connectivity index (χ1) is 10.3. The third kappa shape index (κ3) is 3.08. The first kappa shape index (κ1) is 15.6. The highest BCUT2D eigenvalue weighted by molar-refractivity contribution is 6.05. The molecule has 22 heavy (non-hydrogen) atoms. The highest BCUT2D eigenvalue weighted by Crippen LogP contribution is 2.18. The Balaban J connectivity index is 2.30. The number of anilines is 1. The van der Waals surface area contributed by atoms with Crippen LogP contribution >= 0.6 is 0 Å². The van der Waals surface area contributed by atoms with Crippen molar-refractivity contribution in [2.24, 2.45) is 5.73 Å². The minimum Gasteiger partial charge on any atom is -0.366 e. The number of rotatable bonds is 3. The number of carbonyl (C=O) groups excluding carboxylic acids is 2. The number of amides is 2. The van der Waals surface area contributed by atoms with E-state index in [4.69, 9.17) is 5.73 Å². The maximum Gasteiger partial charge on any atom is 0.255 e. The average Bonchev–Trinajstić information content (AvgIpc) is 2.45. The van der Waals surface area contributed by atoms with Crippen molar-refractivity contribution in [3.05, 3.63) is 64.5 Å². The SMILES string of the molecule is Cc1ccc(NC(=O)c2cc(F)c(F)c(F)c2)cc1C(N)=O. The molecule has 3 N–H and O–H groups in total. The Morgan fingerprint density at radius 3 is 2.18 bits per heavy atom. The van der Waals surface area contributed by atoms with E-state index >= 15 is 0 Å². The lowest BCUT2D eigenvalue weighted by atomic mass is 10.1. The first-order valence-corrected chi connectivity index (χ1v) is 6.16. The largest absolute Gasteiger partial charge is 0.366 e. The molecule has 0 aromatic heterocycles. The summed E-state index contributed by atoms with van der Waals surface area (Å²) in [5, 5.41) is 2.35. The van der Waals surface area contributed by atoms with Gasteiger partial charge in [-0.2, -0.15) is 0 Å². The van der Waals surface area contributed by atoms with E-state index < -0.39 is 34.8 Å². The van der Waals surface area contributed by atoms with Crippen molar-refractivity contribution in [1.82, 2.24) is 0 Å². The number of benzene rings is 2. The van der Waals surface area contributed by atoms with E-state index in [1.54, 1.807) is 13.0 Å². The zero-order chi connectivity index (χ0) is 16.4. The fourth-order valence-corrected chi connectivity index (χ4v) is 1.86. The van der Waals surface area contributed by atoms with Gasteiger partial charge in [0.05, 0.1) is 0 Å². The summed E-state index contributed by atoms with van der Waals surface area (Å²) in [6, 6.07) is 5.55. The van der Waals surface area contributed by atoms with Gasteiger partial charge in [0.25, 0.3) is 5.91 Å². The van der Waals surface area contributed by atoms with Gasteiger partial charge in [0.2, 0.25) is 5.91 Å². The van der Waals surface area contributed by atoms with Crippen molar-refractivity contribution in [2.45, 2.75) is 6.92 Å². The maximum absolute atomic E-state index is 13.1. The lowest BCUT2D eigenvalue weighted by Crippen LogP contribution is -2.16. The Labute approximate surface area is 123 Å². The average molecular weight is 308 g/mol. The second kappa shape index (κ2) is 5.88. The zero-order valence-electron chi connectivity index (χ0n) is 11.4. The highest BCUT2D eigenvalue weighted by atomic mass is 19.2. The lowest BCUT2D eigenvalue weighted by Gasteiger charge is -2.09. The minimum atomic E-state index is -1.65. The molecule has 0 saturated carbocycles. The fourth-order valence-electron chi connectivity index (χ4n) is 1.86. The summed E-state index contributed by atoms with van der Waals surface area (Å²) in [6.07, 6.45) is 0. The van der Waals surface area contributed by atoms with Gasteiger partial charge in [-0.1, -0.05) is 6.07 Å². The Bertz CT molecular complexity index is 752. The summed E-state index contributed by atoms with van der Waals surface area (Å²) in [7, 11) is 0. The van der Waals surface area contributed by atoms with E-state index in [1.165, 1.54) is 12.1 Å².